The number of carbonyl (C=O) groups excluding carboxylic acids is 1. The molecule has 1 amide bonds. The number of aryl methyl sites for hydroxylation is 2. The second-order valence-corrected chi connectivity index (χ2v) is 5.43. The molecule has 0 radical (unpaired) electrons. The Bertz CT molecular complexity index is 710. The van der Waals surface area contributed by atoms with Gasteiger partial charge in [-0.15, -0.1) is 0 Å². The van der Waals surface area contributed by atoms with Crippen molar-refractivity contribution in [3.8, 4) is 0 Å². The van der Waals surface area contributed by atoms with Crippen LogP contribution < -0.4 is 10.9 Å². The summed E-state index contributed by atoms with van der Waals surface area (Å²) in [5, 5.41) is 2.90. The van der Waals surface area contributed by atoms with Crippen LogP contribution in [-0.2, 0) is 17.6 Å². The lowest BCUT2D eigenvalue weighted by atomic mass is 10.1. The van der Waals surface area contributed by atoms with Gasteiger partial charge in [0.2, 0.25) is 5.91 Å². The molecular formula is C16H20N4O2. The maximum absolute atomic E-state index is 12.1. The third kappa shape index (κ3) is 4.25. The lowest BCUT2D eigenvalue weighted by molar-refractivity contribution is -0.121. The standard InChI is InChI=1S/C16H20N4O2/c1-10(7-13-5-4-6-17-9-13)18-15(21)8-14-11(2)19-12(3)20-16(14)22/h4-6,9-10H,7-8H2,1-3H3,(H,18,21)(H,19,20,22)/t10-/m1/s1. The molecule has 0 aliphatic carbocycles. The molecule has 1 atom stereocenters. The highest BCUT2D eigenvalue weighted by Crippen LogP contribution is 2.03. The molecule has 0 spiro atoms. The first-order chi connectivity index (χ1) is 10.5. The minimum absolute atomic E-state index is 0.0329. The molecule has 116 valence electrons. The van der Waals surface area contributed by atoms with Crippen LogP contribution in [0.4, 0.5) is 0 Å². The summed E-state index contributed by atoms with van der Waals surface area (Å²) in [4.78, 5) is 34.8. The summed E-state index contributed by atoms with van der Waals surface area (Å²) < 4.78 is 0. The number of H-pyrrole nitrogens is 1. The van der Waals surface area contributed by atoms with Crippen LogP contribution in [0.5, 0.6) is 0 Å². The number of hydrogen-bond acceptors (Lipinski definition) is 4. The van der Waals surface area contributed by atoms with Gasteiger partial charge in [0.25, 0.3) is 5.56 Å². The number of nitrogens with one attached hydrogen (secondary N) is 2. The van der Waals surface area contributed by atoms with Gasteiger partial charge in [-0.25, -0.2) is 4.98 Å². The first kappa shape index (κ1) is 15.9. The van der Waals surface area contributed by atoms with Crippen LogP contribution >= 0.6 is 0 Å². The van der Waals surface area contributed by atoms with Crippen LogP contribution in [-0.4, -0.2) is 26.9 Å². The van der Waals surface area contributed by atoms with E-state index in [1.807, 2.05) is 19.1 Å². The second kappa shape index (κ2) is 6.98. The predicted octanol–water partition coefficient (Wildman–Crippen LogP) is 1.07. The van der Waals surface area contributed by atoms with E-state index < -0.39 is 0 Å². The molecule has 22 heavy (non-hydrogen) atoms. The fourth-order valence-electron chi connectivity index (χ4n) is 2.37. The molecule has 0 aliphatic rings. The Morgan fingerprint density at radius 2 is 2.18 bits per heavy atom. The summed E-state index contributed by atoms with van der Waals surface area (Å²) in [5.41, 5.74) is 1.81. The summed E-state index contributed by atoms with van der Waals surface area (Å²) in [6.07, 6.45) is 4.22. The van der Waals surface area contributed by atoms with Crippen LogP contribution in [0.1, 0.15) is 29.6 Å². The van der Waals surface area contributed by atoms with Crippen molar-refractivity contribution in [2.24, 2.45) is 0 Å². The number of amides is 1. The van der Waals surface area contributed by atoms with Crippen LogP contribution in [0.15, 0.2) is 29.3 Å². The van der Waals surface area contributed by atoms with Gasteiger partial charge in [-0.1, -0.05) is 6.07 Å². The molecule has 0 aromatic carbocycles. The quantitative estimate of drug-likeness (QED) is 0.864. The predicted molar refractivity (Wildman–Crippen MR) is 83.6 cm³/mol. The Morgan fingerprint density at radius 1 is 1.41 bits per heavy atom. The van der Waals surface area contributed by atoms with E-state index in [-0.39, 0.29) is 23.9 Å². The van der Waals surface area contributed by atoms with E-state index in [2.05, 4.69) is 20.3 Å². The molecule has 0 aliphatic heterocycles. The van der Waals surface area contributed by atoms with Crippen molar-refractivity contribution in [2.45, 2.75) is 39.7 Å². The van der Waals surface area contributed by atoms with E-state index in [9.17, 15) is 9.59 Å². The molecule has 0 bridgehead atoms. The van der Waals surface area contributed by atoms with Gasteiger partial charge >= 0.3 is 0 Å². The number of nitrogens with zero attached hydrogens (tertiary/aromatic N) is 2. The lowest BCUT2D eigenvalue weighted by Crippen LogP contribution is -2.36. The van der Waals surface area contributed by atoms with Gasteiger partial charge in [0.1, 0.15) is 5.82 Å². The molecule has 0 unspecified atom stereocenters. The number of aromatic nitrogens is 3. The summed E-state index contributed by atoms with van der Waals surface area (Å²) in [6, 6.07) is 3.80. The van der Waals surface area contributed by atoms with Crippen molar-refractivity contribution in [3.63, 3.8) is 0 Å². The minimum atomic E-state index is -0.250. The van der Waals surface area contributed by atoms with Crippen LogP contribution in [0.25, 0.3) is 0 Å². The van der Waals surface area contributed by atoms with Gasteiger partial charge < -0.3 is 10.3 Å². The zero-order valence-corrected chi connectivity index (χ0v) is 13.0. The SMILES string of the molecule is Cc1nc(C)c(CC(=O)N[C@H](C)Cc2cccnc2)c(=O)[nH]1. The Kier molecular flexibility index (Phi) is 5.04. The smallest absolute Gasteiger partial charge is 0.254 e. The third-order valence-corrected chi connectivity index (χ3v) is 3.35. The van der Waals surface area contributed by atoms with Gasteiger partial charge in [-0.2, -0.15) is 0 Å². The molecule has 6 heteroatoms. The highest BCUT2D eigenvalue weighted by molar-refractivity contribution is 5.79. The molecule has 0 fully saturated rings. The Balaban J connectivity index is 1.97. The number of hydrogen-bond donors (Lipinski definition) is 2. The van der Waals surface area contributed by atoms with Gasteiger partial charge in [0.05, 0.1) is 6.42 Å². The molecule has 2 N–H and O–H groups in total. The van der Waals surface area contributed by atoms with Crippen molar-refractivity contribution >= 4 is 5.91 Å². The fourth-order valence-corrected chi connectivity index (χ4v) is 2.37. The molecule has 0 saturated heterocycles. The van der Waals surface area contributed by atoms with E-state index in [1.54, 1.807) is 26.2 Å². The summed E-state index contributed by atoms with van der Waals surface area (Å²) in [6.45, 7) is 5.38. The number of pyridine rings is 1. The van der Waals surface area contributed by atoms with Crippen LogP contribution in [0.3, 0.4) is 0 Å². The van der Waals surface area contributed by atoms with Crippen molar-refractivity contribution in [2.75, 3.05) is 0 Å². The van der Waals surface area contributed by atoms with E-state index in [0.717, 1.165) is 5.56 Å². The van der Waals surface area contributed by atoms with E-state index in [4.69, 9.17) is 0 Å². The third-order valence-electron chi connectivity index (χ3n) is 3.35. The van der Waals surface area contributed by atoms with Gasteiger partial charge in [0, 0.05) is 29.7 Å². The molecule has 2 heterocycles. The molecular weight excluding hydrogens is 280 g/mol. The molecule has 2 aromatic heterocycles. The van der Waals surface area contributed by atoms with Crippen molar-refractivity contribution < 1.29 is 4.79 Å². The lowest BCUT2D eigenvalue weighted by Gasteiger charge is -2.14. The van der Waals surface area contributed by atoms with Crippen molar-refractivity contribution in [1.82, 2.24) is 20.3 Å². The van der Waals surface area contributed by atoms with Crippen molar-refractivity contribution in [1.29, 1.82) is 0 Å². The number of carbonyl (C=O) groups is 1. The van der Waals surface area contributed by atoms with Crippen LogP contribution in [0.2, 0.25) is 0 Å². The van der Waals surface area contributed by atoms with Gasteiger partial charge in [-0.3, -0.25) is 14.6 Å². The molecule has 0 saturated carbocycles. The first-order valence-electron chi connectivity index (χ1n) is 7.20. The highest BCUT2D eigenvalue weighted by Gasteiger charge is 2.14. The zero-order chi connectivity index (χ0) is 16.1. The normalized spacial score (nSPS) is 12.0. The average molecular weight is 300 g/mol. The maximum Gasteiger partial charge on any atom is 0.254 e. The largest absolute Gasteiger partial charge is 0.353 e. The van der Waals surface area contributed by atoms with E-state index in [0.29, 0.717) is 23.5 Å². The Morgan fingerprint density at radius 3 is 2.82 bits per heavy atom. The summed E-state index contributed by atoms with van der Waals surface area (Å²) in [7, 11) is 0. The minimum Gasteiger partial charge on any atom is -0.353 e. The Labute approximate surface area is 129 Å². The second-order valence-electron chi connectivity index (χ2n) is 5.43. The van der Waals surface area contributed by atoms with E-state index in [1.165, 1.54) is 0 Å². The fraction of sp³-hybridized carbons (Fsp3) is 0.375. The first-order valence-corrected chi connectivity index (χ1v) is 7.20. The molecule has 2 aromatic rings. The zero-order valence-electron chi connectivity index (χ0n) is 13.0. The highest BCUT2D eigenvalue weighted by atomic mass is 16.2. The average Bonchev–Trinajstić information content (AvgIpc) is 2.43. The van der Waals surface area contributed by atoms with Gasteiger partial charge in [0.15, 0.2) is 0 Å². The Hall–Kier alpha value is -2.50. The number of aromatic amines is 1. The van der Waals surface area contributed by atoms with Gasteiger partial charge in [-0.05, 0) is 38.8 Å². The number of rotatable bonds is 5. The molecule has 2 rings (SSSR count). The molecule has 6 nitrogen and oxygen atoms in total. The maximum atomic E-state index is 12.1. The summed E-state index contributed by atoms with van der Waals surface area (Å²) in [5.74, 6) is 0.368. The summed E-state index contributed by atoms with van der Waals surface area (Å²) >= 11 is 0. The van der Waals surface area contributed by atoms with Crippen LogP contribution in [0, 0.1) is 13.8 Å². The monoisotopic (exact) mass is 300 g/mol. The van der Waals surface area contributed by atoms with E-state index >= 15 is 0 Å². The van der Waals surface area contributed by atoms with Crippen molar-refractivity contribution in [3.05, 3.63) is 57.5 Å². The topological polar surface area (TPSA) is 87.7 Å².